The molecule has 92 valence electrons. The Balaban J connectivity index is 1.76. The highest BCUT2D eigenvalue weighted by molar-refractivity contribution is 5.80. The number of hydrogen-bond donors (Lipinski definition) is 1. The molecule has 0 amide bonds. The van der Waals surface area contributed by atoms with Gasteiger partial charge < -0.3 is 10.2 Å². The number of guanidine groups is 1. The fraction of sp³-hybridized carbons (Fsp3) is 0.923. The summed E-state index contributed by atoms with van der Waals surface area (Å²) in [5, 5.41) is 3.50. The van der Waals surface area contributed by atoms with E-state index in [1.807, 2.05) is 7.05 Å². The van der Waals surface area contributed by atoms with Crippen molar-refractivity contribution in [3.8, 4) is 0 Å². The molecule has 2 rings (SSSR count). The molecule has 0 radical (unpaired) electrons. The van der Waals surface area contributed by atoms with Crippen LogP contribution in [0.3, 0.4) is 0 Å². The van der Waals surface area contributed by atoms with Crippen LogP contribution >= 0.6 is 0 Å². The minimum atomic E-state index is 0.452. The van der Waals surface area contributed by atoms with Gasteiger partial charge in [-0.05, 0) is 24.2 Å². The van der Waals surface area contributed by atoms with Crippen molar-refractivity contribution < 1.29 is 0 Å². The van der Waals surface area contributed by atoms with Gasteiger partial charge in [0, 0.05) is 26.7 Å². The minimum absolute atomic E-state index is 0.452. The summed E-state index contributed by atoms with van der Waals surface area (Å²) in [6.07, 6.45) is 5.47. The van der Waals surface area contributed by atoms with Gasteiger partial charge in [-0.2, -0.15) is 0 Å². The smallest absolute Gasteiger partial charge is 0.193 e. The predicted octanol–water partition coefficient (Wildman–Crippen LogP) is 2.09. The van der Waals surface area contributed by atoms with Crippen LogP contribution in [-0.2, 0) is 0 Å². The van der Waals surface area contributed by atoms with Gasteiger partial charge in [0.25, 0.3) is 0 Å². The summed E-state index contributed by atoms with van der Waals surface area (Å²) in [6.45, 7) is 8.05. The molecule has 1 saturated heterocycles. The molecule has 1 aliphatic heterocycles. The summed E-state index contributed by atoms with van der Waals surface area (Å²) < 4.78 is 0. The topological polar surface area (TPSA) is 27.6 Å². The van der Waals surface area contributed by atoms with E-state index in [1.165, 1.54) is 25.7 Å². The maximum absolute atomic E-state index is 4.38. The lowest BCUT2D eigenvalue weighted by Gasteiger charge is -2.23. The largest absolute Gasteiger partial charge is 0.356 e. The lowest BCUT2D eigenvalue weighted by Crippen LogP contribution is -2.41. The first-order valence-electron chi connectivity index (χ1n) is 6.56. The quantitative estimate of drug-likeness (QED) is 0.586. The van der Waals surface area contributed by atoms with Crippen molar-refractivity contribution >= 4 is 5.96 Å². The Hall–Kier alpha value is -0.730. The van der Waals surface area contributed by atoms with Gasteiger partial charge in [-0.25, -0.2) is 0 Å². The van der Waals surface area contributed by atoms with Crippen molar-refractivity contribution in [3.63, 3.8) is 0 Å². The van der Waals surface area contributed by atoms with Crippen molar-refractivity contribution in [2.24, 2.45) is 16.3 Å². The number of rotatable bonds is 3. The average Bonchev–Trinajstić information content (AvgIpc) is 2.98. The molecule has 0 spiro atoms. The summed E-state index contributed by atoms with van der Waals surface area (Å²) in [5.74, 6) is 2.10. The van der Waals surface area contributed by atoms with Crippen LogP contribution in [0.25, 0.3) is 0 Å². The second-order valence-electron chi connectivity index (χ2n) is 6.04. The van der Waals surface area contributed by atoms with E-state index >= 15 is 0 Å². The van der Waals surface area contributed by atoms with Crippen molar-refractivity contribution in [2.45, 2.75) is 39.5 Å². The first kappa shape index (κ1) is 11.7. The van der Waals surface area contributed by atoms with E-state index in [9.17, 15) is 0 Å². The minimum Gasteiger partial charge on any atom is -0.356 e. The SMILES string of the molecule is CN=C(NCCC1CC1)N1CCC(C)(C)C1. The molecule has 0 aromatic heterocycles. The number of nitrogens with one attached hydrogen (secondary N) is 1. The van der Waals surface area contributed by atoms with Gasteiger partial charge in [0.05, 0.1) is 0 Å². The number of likely N-dealkylation sites (tertiary alicyclic amines) is 1. The lowest BCUT2D eigenvalue weighted by molar-refractivity contribution is 0.370. The Bertz CT molecular complexity index is 266. The van der Waals surface area contributed by atoms with Gasteiger partial charge in [0.15, 0.2) is 5.96 Å². The highest BCUT2D eigenvalue weighted by Crippen LogP contribution is 2.32. The number of aliphatic imine (C=N–C) groups is 1. The zero-order valence-corrected chi connectivity index (χ0v) is 10.9. The zero-order valence-electron chi connectivity index (χ0n) is 10.9. The second kappa shape index (κ2) is 4.64. The van der Waals surface area contributed by atoms with Crippen LogP contribution in [0.2, 0.25) is 0 Å². The highest BCUT2D eigenvalue weighted by atomic mass is 15.3. The third-order valence-electron chi connectivity index (χ3n) is 3.72. The molecule has 0 aromatic rings. The van der Waals surface area contributed by atoms with E-state index in [4.69, 9.17) is 0 Å². The Morgan fingerprint density at radius 1 is 1.44 bits per heavy atom. The van der Waals surface area contributed by atoms with Gasteiger partial charge in [-0.1, -0.05) is 26.7 Å². The first-order chi connectivity index (χ1) is 7.61. The van der Waals surface area contributed by atoms with Crippen molar-refractivity contribution in [1.82, 2.24) is 10.2 Å². The normalized spacial score (nSPS) is 24.9. The molecule has 0 unspecified atom stereocenters. The van der Waals surface area contributed by atoms with E-state index < -0.39 is 0 Å². The molecule has 1 saturated carbocycles. The number of nitrogens with zero attached hydrogens (tertiary/aromatic N) is 2. The van der Waals surface area contributed by atoms with Gasteiger partial charge >= 0.3 is 0 Å². The molecular formula is C13H25N3. The molecule has 1 N–H and O–H groups in total. The molecule has 2 aliphatic rings. The summed E-state index contributed by atoms with van der Waals surface area (Å²) in [6, 6.07) is 0. The van der Waals surface area contributed by atoms with Gasteiger partial charge in [0.2, 0.25) is 0 Å². The molecule has 16 heavy (non-hydrogen) atoms. The Labute approximate surface area is 99.3 Å². The maximum Gasteiger partial charge on any atom is 0.193 e. The van der Waals surface area contributed by atoms with E-state index in [0.717, 1.165) is 31.5 Å². The van der Waals surface area contributed by atoms with Crippen LogP contribution in [-0.4, -0.2) is 37.5 Å². The number of hydrogen-bond acceptors (Lipinski definition) is 1. The van der Waals surface area contributed by atoms with Crippen LogP contribution in [0.15, 0.2) is 4.99 Å². The molecular weight excluding hydrogens is 198 g/mol. The van der Waals surface area contributed by atoms with Gasteiger partial charge in [-0.3, -0.25) is 4.99 Å². The summed E-state index contributed by atoms with van der Waals surface area (Å²) in [5.41, 5.74) is 0.452. The summed E-state index contributed by atoms with van der Waals surface area (Å²) in [4.78, 5) is 6.78. The van der Waals surface area contributed by atoms with Crippen LogP contribution in [0.5, 0.6) is 0 Å². The molecule has 0 bridgehead atoms. The molecule has 0 aromatic carbocycles. The van der Waals surface area contributed by atoms with Crippen LogP contribution in [0.1, 0.15) is 39.5 Å². The molecule has 3 heteroatoms. The second-order valence-corrected chi connectivity index (χ2v) is 6.04. The van der Waals surface area contributed by atoms with Crippen molar-refractivity contribution in [1.29, 1.82) is 0 Å². The van der Waals surface area contributed by atoms with E-state index in [0.29, 0.717) is 5.41 Å². The van der Waals surface area contributed by atoms with Gasteiger partial charge in [0.1, 0.15) is 0 Å². The fourth-order valence-electron chi connectivity index (χ4n) is 2.42. The third-order valence-corrected chi connectivity index (χ3v) is 3.72. The average molecular weight is 223 g/mol. The Morgan fingerprint density at radius 3 is 2.69 bits per heavy atom. The summed E-state index contributed by atoms with van der Waals surface area (Å²) in [7, 11) is 1.89. The third kappa shape index (κ3) is 3.13. The maximum atomic E-state index is 4.38. The standard InChI is InChI=1S/C13H25N3/c1-13(2)7-9-16(10-13)12(14-3)15-8-6-11-4-5-11/h11H,4-10H2,1-3H3,(H,14,15). The molecule has 1 aliphatic carbocycles. The molecule has 0 atom stereocenters. The molecule has 1 heterocycles. The predicted molar refractivity (Wildman–Crippen MR) is 68.7 cm³/mol. The monoisotopic (exact) mass is 223 g/mol. The Kier molecular flexibility index (Phi) is 3.41. The Morgan fingerprint density at radius 2 is 2.19 bits per heavy atom. The highest BCUT2D eigenvalue weighted by Gasteiger charge is 2.31. The van der Waals surface area contributed by atoms with E-state index in [2.05, 4.69) is 29.1 Å². The zero-order chi connectivity index (χ0) is 11.6. The van der Waals surface area contributed by atoms with Crippen LogP contribution < -0.4 is 5.32 Å². The van der Waals surface area contributed by atoms with E-state index in [-0.39, 0.29) is 0 Å². The molecule has 2 fully saturated rings. The van der Waals surface area contributed by atoms with Crippen LogP contribution in [0, 0.1) is 11.3 Å². The van der Waals surface area contributed by atoms with Crippen molar-refractivity contribution in [3.05, 3.63) is 0 Å². The van der Waals surface area contributed by atoms with E-state index in [1.54, 1.807) is 0 Å². The first-order valence-corrected chi connectivity index (χ1v) is 6.56. The fourth-order valence-corrected chi connectivity index (χ4v) is 2.42. The van der Waals surface area contributed by atoms with Crippen LogP contribution in [0.4, 0.5) is 0 Å². The lowest BCUT2D eigenvalue weighted by atomic mass is 9.93. The summed E-state index contributed by atoms with van der Waals surface area (Å²) >= 11 is 0. The van der Waals surface area contributed by atoms with Crippen molar-refractivity contribution in [2.75, 3.05) is 26.7 Å². The molecule has 3 nitrogen and oxygen atoms in total. The van der Waals surface area contributed by atoms with Gasteiger partial charge in [-0.15, -0.1) is 0 Å².